The van der Waals surface area contributed by atoms with Crippen molar-refractivity contribution in [2.45, 2.75) is 110 Å². The molecular formula is C30H50N2O2. The van der Waals surface area contributed by atoms with Gasteiger partial charge in [-0.3, -0.25) is 4.79 Å². The van der Waals surface area contributed by atoms with Gasteiger partial charge in [-0.2, -0.15) is 0 Å². The second-order valence-corrected chi connectivity index (χ2v) is 13.4. The lowest BCUT2D eigenvalue weighted by Crippen LogP contribution is -2.50. The van der Waals surface area contributed by atoms with Crippen LogP contribution in [-0.2, 0) is 4.79 Å². The Bertz CT molecular complexity index is 789. The van der Waals surface area contributed by atoms with Gasteiger partial charge < -0.3 is 15.3 Å². The van der Waals surface area contributed by atoms with Crippen LogP contribution in [0.1, 0.15) is 97.8 Å². The summed E-state index contributed by atoms with van der Waals surface area (Å²) in [6.07, 6.45) is 16.2. The standard InChI is InChI=1S/C30H50N2O2/c1-20(5-10-28(34)32(4)22-13-17-31-18-14-22)25-8-9-26-24-7-6-21-19-23(33)11-15-29(21,2)27(24)12-16-30(25,26)3/h6,20,22-27,31,33H,5,7-19H2,1-4H3/t20-,23+,24+,25-,26+,27+,29+,30-/m1/s1. The number of hydrogen-bond donors (Lipinski definition) is 2. The summed E-state index contributed by atoms with van der Waals surface area (Å²) in [5.41, 5.74) is 2.36. The van der Waals surface area contributed by atoms with Crippen molar-refractivity contribution in [1.82, 2.24) is 10.2 Å². The van der Waals surface area contributed by atoms with E-state index in [0.717, 1.165) is 75.3 Å². The zero-order valence-electron chi connectivity index (χ0n) is 22.3. The summed E-state index contributed by atoms with van der Waals surface area (Å²) in [4.78, 5) is 15.0. The number of nitrogens with one attached hydrogen (secondary N) is 1. The minimum absolute atomic E-state index is 0.113. The van der Waals surface area contributed by atoms with Crippen molar-refractivity contribution < 1.29 is 9.90 Å². The van der Waals surface area contributed by atoms with Gasteiger partial charge in [0, 0.05) is 19.5 Å². The molecule has 34 heavy (non-hydrogen) atoms. The summed E-state index contributed by atoms with van der Waals surface area (Å²) in [5, 5.41) is 13.7. The van der Waals surface area contributed by atoms with Crippen molar-refractivity contribution in [3.8, 4) is 0 Å². The molecule has 2 N–H and O–H groups in total. The summed E-state index contributed by atoms with van der Waals surface area (Å²) < 4.78 is 0. The van der Waals surface area contributed by atoms with Gasteiger partial charge in [0.15, 0.2) is 0 Å². The molecule has 0 aromatic carbocycles. The summed E-state index contributed by atoms with van der Waals surface area (Å²) >= 11 is 0. The molecule has 4 fully saturated rings. The predicted octanol–water partition coefficient (Wildman–Crippen LogP) is 5.55. The van der Waals surface area contributed by atoms with E-state index in [1.165, 1.54) is 38.5 Å². The number of aliphatic hydroxyl groups excluding tert-OH is 1. The molecule has 0 bridgehead atoms. The maximum absolute atomic E-state index is 13.0. The van der Waals surface area contributed by atoms with Gasteiger partial charge in [0.25, 0.3) is 0 Å². The summed E-state index contributed by atoms with van der Waals surface area (Å²) in [6.45, 7) is 9.68. The van der Waals surface area contributed by atoms with Gasteiger partial charge in [-0.1, -0.05) is 32.4 Å². The Morgan fingerprint density at radius 3 is 2.65 bits per heavy atom. The topological polar surface area (TPSA) is 52.6 Å². The van der Waals surface area contributed by atoms with Crippen LogP contribution in [0.15, 0.2) is 11.6 Å². The summed E-state index contributed by atoms with van der Waals surface area (Å²) in [7, 11) is 2.03. The van der Waals surface area contributed by atoms with Crippen molar-refractivity contribution in [2.24, 2.45) is 40.4 Å². The van der Waals surface area contributed by atoms with Crippen molar-refractivity contribution >= 4 is 5.91 Å². The van der Waals surface area contributed by atoms with Crippen molar-refractivity contribution in [3.63, 3.8) is 0 Å². The maximum Gasteiger partial charge on any atom is 0.222 e. The minimum Gasteiger partial charge on any atom is -0.393 e. The molecule has 0 radical (unpaired) electrons. The van der Waals surface area contributed by atoms with E-state index in [1.807, 2.05) is 7.05 Å². The van der Waals surface area contributed by atoms with Crippen LogP contribution in [0.4, 0.5) is 0 Å². The Balaban J connectivity index is 1.22. The van der Waals surface area contributed by atoms with Crippen LogP contribution >= 0.6 is 0 Å². The van der Waals surface area contributed by atoms with Gasteiger partial charge in [-0.25, -0.2) is 0 Å². The van der Waals surface area contributed by atoms with Gasteiger partial charge in [0.1, 0.15) is 0 Å². The smallest absolute Gasteiger partial charge is 0.222 e. The molecular weight excluding hydrogens is 420 g/mol. The third-order valence-electron chi connectivity index (χ3n) is 11.9. The normalized spacial score (nSPS) is 43.3. The van der Waals surface area contributed by atoms with Crippen LogP contribution in [0.2, 0.25) is 0 Å². The first-order valence-electron chi connectivity index (χ1n) is 14.6. The molecule has 4 aliphatic carbocycles. The summed E-state index contributed by atoms with van der Waals surface area (Å²) in [6, 6.07) is 0.430. The highest BCUT2D eigenvalue weighted by Crippen LogP contribution is 2.67. The molecule has 1 saturated heterocycles. The molecule has 0 aromatic rings. The first-order valence-corrected chi connectivity index (χ1v) is 14.6. The fourth-order valence-corrected chi connectivity index (χ4v) is 9.74. The van der Waals surface area contributed by atoms with Crippen LogP contribution in [0.5, 0.6) is 0 Å². The molecule has 5 rings (SSSR count). The Labute approximate surface area is 208 Å². The average molecular weight is 471 g/mol. The third kappa shape index (κ3) is 4.19. The molecule has 0 aromatic heterocycles. The van der Waals surface area contributed by atoms with E-state index in [2.05, 4.69) is 37.1 Å². The van der Waals surface area contributed by atoms with E-state index >= 15 is 0 Å². The second kappa shape index (κ2) is 9.54. The van der Waals surface area contributed by atoms with Gasteiger partial charge in [-0.15, -0.1) is 0 Å². The number of carbonyl (C=O) groups is 1. The van der Waals surface area contributed by atoms with Gasteiger partial charge in [0.2, 0.25) is 5.91 Å². The molecule has 1 amide bonds. The van der Waals surface area contributed by atoms with Crippen LogP contribution in [0.25, 0.3) is 0 Å². The second-order valence-electron chi connectivity index (χ2n) is 13.4. The molecule has 1 heterocycles. The zero-order valence-corrected chi connectivity index (χ0v) is 22.3. The highest BCUT2D eigenvalue weighted by atomic mass is 16.3. The fraction of sp³-hybridized carbons (Fsp3) is 0.900. The van der Waals surface area contributed by atoms with Crippen LogP contribution < -0.4 is 5.32 Å². The number of fused-ring (bicyclic) bond motifs is 5. The van der Waals surface area contributed by atoms with Gasteiger partial charge in [-0.05, 0) is 124 Å². The Morgan fingerprint density at radius 1 is 1.12 bits per heavy atom. The fourth-order valence-electron chi connectivity index (χ4n) is 9.74. The first kappa shape index (κ1) is 24.8. The van der Waals surface area contributed by atoms with Crippen molar-refractivity contribution in [3.05, 3.63) is 11.6 Å². The molecule has 0 unspecified atom stereocenters. The van der Waals surface area contributed by atoms with E-state index in [4.69, 9.17) is 0 Å². The molecule has 0 spiro atoms. The molecule has 3 saturated carbocycles. The lowest BCUT2D eigenvalue weighted by molar-refractivity contribution is -0.133. The SMILES string of the molecule is C[C@H](CCC(=O)N(C)C1CCNCC1)[C@H]1CC[C@H]2[C@@H]3CC=C4C[C@@H](O)CC[C@]4(C)[C@H]3CC[C@]12C. The summed E-state index contributed by atoms with van der Waals surface area (Å²) in [5.74, 6) is 4.24. The number of aliphatic hydroxyl groups is 1. The Kier molecular flexibility index (Phi) is 6.96. The quantitative estimate of drug-likeness (QED) is 0.518. The molecule has 1 aliphatic heterocycles. The lowest BCUT2D eigenvalue weighted by Gasteiger charge is -2.58. The van der Waals surface area contributed by atoms with Crippen LogP contribution in [0.3, 0.4) is 0 Å². The number of rotatable bonds is 5. The number of piperidine rings is 1. The highest BCUT2D eigenvalue weighted by Gasteiger charge is 2.59. The van der Waals surface area contributed by atoms with Crippen molar-refractivity contribution in [1.29, 1.82) is 0 Å². The number of carbonyl (C=O) groups excluding carboxylic acids is 1. The number of allylic oxidation sites excluding steroid dienone is 1. The Morgan fingerprint density at radius 2 is 1.88 bits per heavy atom. The van der Waals surface area contributed by atoms with E-state index in [1.54, 1.807) is 5.57 Å². The molecule has 5 aliphatic rings. The van der Waals surface area contributed by atoms with Gasteiger partial charge in [0.05, 0.1) is 6.10 Å². The van der Waals surface area contributed by atoms with E-state index in [9.17, 15) is 9.90 Å². The largest absolute Gasteiger partial charge is 0.393 e. The van der Waals surface area contributed by atoms with E-state index < -0.39 is 0 Å². The number of hydrogen-bond acceptors (Lipinski definition) is 3. The molecule has 4 nitrogen and oxygen atoms in total. The molecule has 192 valence electrons. The van der Waals surface area contributed by atoms with Gasteiger partial charge >= 0.3 is 0 Å². The predicted molar refractivity (Wildman–Crippen MR) is 138 cm³/mol. The lowest BCUT2D eigenvalue weighted by atomic mass is 9.47. The highest BCUT2D eigenvalue weighted by molar-refractivity contribution is 5.76. The zero-order chi connectivity index (χ0) is 24.1. The molecule has 8 atom stereocenters. The van der Waals surface area contributed by atoms with Crippen LogP contribution in [0, 0.1) is 40.4 Å². The average Bonchev–Trinajstić information content (AvgIpc) is 3.20. The van der Waals surface area contributed by atoms with Crippen LogP contribution in [-0.4, -0.2) is 48.2 Å². The minimum atomic E-state index is -0.113. The Hall–Kier alpha value is -0.870. The maximum atomic E-state index is 13.0. The van der Waals surface area contributed by atoms with E-state index in [-0.39, 0.29) is 6.10 Å². The monoisotopic (exact) mass is 470 g/mol. The number of nitrogens with zero attached hydrogens (tertiary/aromatic N) is 1. The van der Waals surface area contributed by atoms with E-state index in [0.29, 0.717) is 28.7 Å². The third-order valence-corrected chi connectivity index (χ3v) is 11.9. The first-order chi connectivity index (χ1) is 16.2. The molecule has 4 heteroatoms. The number of amides is 1. The van der Waals surface area contributed by atoms with Crippen molar-refractivity contribution in [2.75, 3.05) is 20.1 Å².